The predicted octanol–water partition coefficient (Wildman–Crippen LogP) is 2.96. The topological polar surface area (TPSA) is 52.8 Å². The Kier molecular flexibility index (Phi) is 3.55. The summed E-state index contributed by atoms with van der Waals surface area (Å²) in [7, 11) is 0. The van der Waals surface area contributed by atoms with Crippen LogP contribution in [-0.4, -0.2) is 25.8 Å². The van der Waals surface area contributed by atoms with Gasteiger partial charge in [-0.3, -0.25) is 0 Å². The highest BCUT2D eigenvalue weighted by Crippen LogP contribution is 2.21. The molecule has 5 nitrogen and oxygen atoms in total. The van der Waals surface area contributed by atoms with Gasteiger partial charge in [-0.05, 0) is 55.5 Å². The molecule has 0 spiro atoms. The van der Waals surface area contributed by atoms with Gasteiger partial charge in [0.1, 0.15) is 11.4 Å². The number of hydrogen-bond donors (Lipinski definition) is 0. The van der Waals surface area contributed by atoms with E-state index < -0.39 is 0 Å². The molecule has 0 aliphatic rings. The van der Waals surface area contributed by atoms with Crippen LogP contribution in [0.15, 0.2) is 24.3 Å². The molecule has 1 aromatic heterocycles. The zero-order valence-electron chi connectivity index (χ0n) is 12.1. The highest BCUT2D eigenvalue weighted by atomic mass is 16.5. The number of rotatable bonds is 3. The molecule has 0 radical (unpaired) electrons. The van der Waals surface area contributed by atoms with Crippen molar-refractivity contribution >= 4 is 0 Å². The van der Waals surface area contributed by atoms with Crippen LogP contribution in [0.4, 0.5) is 0 Å². The summed E-state index contributed by atoms with van der Waals surface area (Å²) in [6.07, 6.45) is 0. The maximum absolute atomic E-state index is 5.79. The van der Waals surface area contributed by atoms with Gasteiger partial charge in [-0.1, -0.05) is 13.8 Å². The number of ether oxygens (including phenoxy) is 1. The van der Waals surface area contributed by atoms with E-state index in [-0.39, 0.29) is 11.5 Å². The number of tetrazole rings is 1. The Hall–Kier alpha value is -1.91. The van der Waals surface area contributed by atoms with Crippen LogP contribution in [0.2, 0.25) is 0 Å². The van der Waals surface area contributed by atoms with E-state index >= 15 is 0 Å². The smallest absolute Gasteiger partial charge is 0.159 e. The Morgan fingerprint density at radius 1 is 1.11 bits per heavy atom. The summed E-state index contributed by atoms with van der Waals surface area (Å²) < 4.78 is 7.55. The number of hydrogen-bond acceptors (Lipinski definition) is 4. The zero-order chi connectivity index (χ0) is 14.0. The molecule has 0 atom stereocenters. The second kappa shape index (κ2) is 4.99. The van der Waals surface area contributed by atoms with Gasteiger partial charge in [0.05, 0.1) is 5.69 Å². The van der Waals surface area contributed by atoms with Crippen molar-refractivity contribution in [3.63, 3.8) is 0 Å². The van der Waals surface area contributed by atoms with E-state index in [9.17, 15) is 0 Å². The monoisotopic (exact) mass is 260 g/mol. The average Bonchev–Trinajstić information content (AvgIpc) is 2.76. The van der Waals surface area contributed by atoms with Crippen LogP contribution < -0.4 is 4.74 Å². The lowest BCUT2D eigenvalue weighted by Gasteiger charge is -2.21. The van der Waals surface area contributed by atoms with Gasteiger partial charge >= 0.3 is 0 Å². The van der Waals surface area contributed by atoms with E-state index in [0.717, 1.165) is 17.3 Å². The minimum atomic E-state index is -0.195. The lowest BCUT2D eigenvalue weighted by atomic mass is 10.2. The van der Waals surface area contributed by atoms with Gasteiger partial charge in [-0.2, -0.15) is 4.68 Å². The van der Waals surface area contributed by atoms with E-state index in [1.807, 2.05) is 45.0 Å². The van der Waals surface area contributed by atoms with Crippen LogP contribution in [0, 0.1) is 0 Å². The van der Waals surface area contributed by atoms with Crippen molar-refractivity contribution in [2.24, 2.45) is 0 Å². The fraction of sp³-hybridized carbons (Fsp3) is 0.500. The zero-order valence-corrected chi connectivity index (χ0v) is 12.1. The van der Waals surface area contributed by atoms with Crippen LogP contribution in [0.1, 0.15) is 46.4 Å². The first-order chi connectivity index (χ1) is 8.87. The van der Waals surface area contributed by atoms with E-state index in [2.05, 4.69) is 29.4 Å². The molecule has 102 valence electrons. The first-order valence-corrected chi connectivity index (χ1v) is 6.44. The summed E-state index contributed by atoms with van der Waals surface area (Å²) in [4.78, 5) is 0. The molecule has 0 amide bonds. The highest BCUT2D eigenvalue weighted by Gasteiger charge is 2.14. The standard InChI is InChI=1S/C14H20N4O/c1-10(2)13-15-16-17-18(13)11-6-8-12(9-7-11)19-14(3,4)5/h6-10H,1-5H3. The quantitative estimate of drug-likeness (QED) is 0.851. The van der Waals surface area contributed by atoms with Gasteiger partial charge < -0.3 is 4.74 Å². The van der Waals surface area contributed by atoms with E-state index in [1.165, 1.54) is 0 Å². The van der Waals surface area contributed by atoms with E-state index in [0.29, 0.717) is 0 Å². The number of nitrogens with zero attached hydrogens (tertiary/aromatic N) is 4. The summed E-state index contributed by atoms with van der Waals surface area (Å²) in [6.45, 7) is 10.2. The summed E-state index contributed by atoms with van der Waals surface area (Å²) in [5, 5.41) is 11.8. The van der Waals surface area contributed by atoms with Crippen molar-refractivity contribution in [1.82, 2.24) is 20.2 Å². The van der Waals surface area contributed by atoms with Crippen LogP contribution in [-0.2, 0) is 0 Å². The van der Waals surface area contributed by atoms with Crippen molar-refractivity contribution in [1.29, 1.82) is 0 Å². The van der Waals surface area contributed by atoms with Crippen molar-refractivity contribution in [2.75, 3.05) is 0 Å². The first kappa shape index (κ1) is 13.5. The van der Waals surface area contributed by atoms with Gasteiger partial charge in [0.25, 0.3) is 0 Å². The Bertz CT molecular complexity index is 537. The molecule has 0 aliphatic heterocycles. The summed E-state index contributed by atoms with van der Waals surface area (Å²) in [5.74, 6) is 1.97. The minimum Gasteiger partial charge on any atom is -0.488 e. The number of benzene rings is 1. The Labute approximate surface area is 113 Å². The van der Waals surface area contributed by atoms with Crippen molar-refractivity contribution in [3.05, 3.63) is 30.1 Å². The average molecular weight is 260 g/mol. The molecule has 19 heavy (non-hydrogen) atoms. The first-order valence-electron chi connectivity index (χ1n) is 6.44. The molecule has 2 aromatic rings. The maximum Gasteiger partial charge on any atom is 0.159 e. The largest absolute Gasteiger partial charge is 0.488 e. The minimum absolute atomic E-state index is 0.195. The highest BCUT2D eigenvalue weighted by molar-refractivity contribution is 5.37. The fourth-order valence-electron chi connectivity index (χ4n) is 1.75. The number of aromatic nitrogens is 4. The van der Waals surface area contributed by atoms with E-state index in [4.69, 9.17) is 4.74 Å². The summed E-state index contributed by atoms with van der Waals surface area (Å²) in [6, 6.07) is 7.80. The second-order valence-corrected chi connectivity index (χ2v) is 5.81. The lowest BCUT2D eigenvalue weighted by molar-refractivity contribution is 0.131. The third kappa shape index (κ3) is 3.30. The van der Waals surface area contributed by atoms with Gasteiger partial charge in [0.15, 0.2) is 5.82 Å². The Morgan fingerprint density at radius 2 is 1.74 bits per heavy atom. The van der Waals surface area contributed by atoms with Crippen LogP contribution >= 0.6 is 0 Å². The van der Waals surface area contributed by atoms with Gasteiger partial charge in [0.2, 0.25) is 0 Å². The molecule has 0 saturated heterocycles. The fourth-order valence-corrected chi connectivity index (χ4v) is 1.75. The van der Waals surface area contributed by atoms with Gasteiger partial charge in [0, 0.05) is 5.92 Å². The van der Waals surface area contributed by atoms with Gasteiger partial charge in [-0.15, -0.1) is 5.10 Å². The molecular formula is C14H20N4O. The molecule has 0 fully saturated rings. The Balaban J connectivity index is 2.25. The van der Waals surface area contributed by atoms with Gasteiger partial charge in [-0.25, -0.2) is 0 Å². The van der Waals surface area contributed by atoms with Crippen LogP contribution in [0.3, 0.4) is 0 Å². The van der Waals surface area contributed by atoms with E-state index in [1.54, 1.807) is 4.68 Å². The molecule has 0 aliphatic carbocycles. The molecule has 5 heteroatoms. The van der Waals surface area contributed by atoms with Crippen LogP contribution in [0.25, 0.3) is 5.69 Å². The molecule has 0 unspecified atom stereocenters. The van der Waals surface area contributed by atoms with Crippen molar-refractivity contribution in [3.8, 4) is 11.4 Å². The third-order valence-electron chi connectivity index (χ3n) is 2.52. The molecule has 2 rings (SSSR count). The second-order valence-electron chi connectivity index (χ2n) is 5.81. The van der Waals surface area contributed by atoms with Crippen molar-refractivity contribution < 1.29 is 4.74 Å². The normalized spacial score (nSPS) is 11.9. The predicted molar refractivity (Wildman–Crippen MR) is 73.6 cm³/mol. The molecule has 1 aromatic carbocycles. The maximum atomic E-state index is 5.79. The lowest BCUT2D eigenvalue weighted by Crippen LogP contribution is -2.22. The molecule has 0 bridgehead atoms. The Morgan fingerprint density at radius 3 is 2.26 bits per heavy atom. The van der Waals surface area contributed by atoms with Crippen LogP contribution in [0.5, 0.6) is 5.75 Å². The summed E-state index contributed by atoms with van der Waals surface area (Å²) >= 11 is 0. The van der Waals surface area contributed by atoms with Crippen molar-refractivity contribution in [2.45, 2.75) is 46.1 Å². The SMILES string of the molecule is CC(C)c1nnnn1-c1ccc(OC(C)(C)C)cc1. The molecule has 0 N–H and O–H groups in total. The third-order valence-corrected chi connectivity index (χ3v) is 2.52. The molecule has 1 heterocycles. The molecular weight excluding hydrogens is 240 g/mol. The molecule has 0 saturated carbocycles. The summed E-state index contributed by atoms with van der Waals surface area (Å²) in [5.41, 5.74) is 0.745.